The number of ether oxygens (including phenoxy) is 1. The van der Waals surface area contributed by atoms with Crippen LogP contribution in [-0.4, -0.2) is 60.4 Å². The van der Waals surface area contributed by atoms with Crippen molar-refractivity contribution >= 4 is 11.7 Å². The predicted molar refractivity (Wildman–Crippen MR) is 81.7 cm³/mol. The summed E-state index contributed by atoms with van der Waals surface area (Å²) in [6, 6.07) is 4.15. The van der Waals surface area contributed by atoms with Crippen molar-refractivity contribution in [2.24, 2.45) is 5.92 Å². The van der Waals surface area contributed by atoms with Crippen LogP contribution >= 0.6 is 0 Å². The molecule has 0 radical (unpaired) electrons. The van der Waals surface area contributed by atoms with Crippen LogP contribution in [0.5, 0.6) is 0 Å². The van der Waals surface area contributed by atoms with E-state index in [2.05, 4.69) is 27.2 Å². The van der Waals surface area contributed by atoms with E-state index >= 15 is 0 Å². The molecule has 3 aliphatic rings. The Morgan fingerprint density at radius 1 is 1.09 bits per heavy atom. The maximum atomic E-state index is 12.5. The van der Waals surface area contributed by atoms with Crippen LogP contribution in [0, 0.1) is 5.92 Å². The van der Waals surface area contributed by atoms with Gasteiger partial charge in [0.2, 0.25) is 5.91 Å². The van der Waals surface area contributed by atoms with E-state index in [-0.39, 0.29) is 11.8 Å². The Morgan fingerprint density at radius 2 is 1.91 bits per heavy atom. The Hall–Kier alpha value is -1.69. The first-order chi connectivity index (χ1) is 10.8. The third kappa shape index (κ3) is 2.79. The first-order valence-corrected chi connectivity index (χ1v) is 8.26. The molecule has 22 heavy (non-hydrogen) atoms. The van der Waals surface area contributed by atoms with E-state index in [4.69, 9.17) is 4.74 Å². The number of anilines is 1. The second-order valence-corrected chi connectivity index (χ2v) is 6.46. The van der Waals surface area contributed by atoms with E-state index in [1.807, 2.05) is 4.90 Å². The highest BCUT2D eigenvalue weighted by molar-refractivity contribution is 5.80. The van der Waals surface area contributed by atoms with Gasteiger partial charge in [-0.2, -0.15) is 5.10 Å². The van der Waals surface area contributed by atoms with Crippen LogP contribution in [0.25, 0.3) is 0 Å². The number of morpholine rings is 1. The fourth-order valence-electron chi connectivity index (χ4n) is 3.31. The summed E-state index contributed by atoms with van der Waals surface area (Å²) in [5, 5.41) is 8.70. The number of amides is 1. The Kier molecular flexibility index (Phi) is 3.70. The second-order valence-electron chi connectivity index (χ2n) is 6.46. The second kappa shape index (κ2) is 5.83. The first-order valence-electron chi connectivity index (χ1n) is 8.26. The van der Waals surface area contributed by atoms with E-state index in [9.17, 15) is 4.79 Å². The molecule has 1 atom stereocenters. The highest BCUT2D eigenvalue weighted by Crippen LogP contribution is 2.38. The van der Waals surface area contributed by atoms with Gasteiger partial charge in [-0.3, -0.25) is 4.79 Å². The van der Waals surface area contributed by atoms with Gasteiger partial charge in [-0.05, 0) is 31.4 Å². The fourth-order valence-corrected chi connectivity index (χ4v) is 3.31. The van der Waals surface area contributed by atoms with Gasteiger partial charge in [0.25, 0.3) is 0 Å². The zero-order valence-corrected chi connectivity index (χ0v) is 12.8. The van der Waals surface area contributed by atoms with Gasteiger partial charge in [0.15, 0.2) is 5.82 Å². The minimum absolute atomic E-state index is 0.0861. The van der Waals surface area contributed by atoms with E-state index in [1.165, 1.54) is 12.8 Å². The largest absolute Gasteiger partial charge is 0.378 e. The molecule has 1 saturated carbocycles. The molecule has 6 nitrogen and oxygen atoms in total. The van der Waals surface area contributed by atoms with Crippen molar-refractivity contribution in [3.8, 4) is 0 Å². The molecule has 0 N–H and O–H groups in total. The van der Waals surface area contributed by atoms with Crippen molar-refractivity contribution in [3.05, 3.63) is 17.8 Å². The van der Waals surface area contributed by atoms with Crippen molar-refractivity contribution in [1.82, 2.24) is 15.1 Å². The number of carbonyl (C=O) groups is 1. The van der Waals surface area contributed by atoms with E-state index in [1.54, 1.807) is 0 Å². The molecular formula is C16H22N4O2. The SMILES string of the molecule is O=C(C1CCN(c2ccc(C3CC3)nn2)C1)N1CCOCC1. The summed E-state index contributed by atoms with van der Waals surface area (Å²) in [4.78, 5) is 16.7. The maximum absolute atomic E-state index is 12.5. The molecule has 2 aliphatic heterocycles. The number of rotatable bonds is 3. The fraction of sp³-hybridized carbons (Fsp3) is 0.688. The van der Waals surface area contributed by atoms with Gasteiger partial charge in [0, 0.05) is 32.1 Å². The molecule has 1 amide bonds. The molecule has 6 heteroatoms. The molecule has 0 bridgehead atoms. The Morgan fingerprint density at radius 3 is 2.59 bits per heavy atom. The summed E-state index contributed by atoms with van der Waals surface area (Å²) in [5.74, 6) is 1.90. The van der Waals surface area contributed by atoms with Gasteiger partial charge in [-0.25, -0.2) is 0 Å². The standard InChI is InChI=1S/C16H22N4O2/c21-16(19-7-9-22-10-8-19)13-5-6-20(11-13)15-4-3-14(17-18-15)12-1-2-12/h3-4,12-13H,1-2,5-11H2. The normalized spacial score (nSPS) is 25.5. The number of hydrogen-bond acceptors (Lipinski definition) is 5. The van der Waals surface area contributed by atoms with Crippen molar-refractivity contribution in [3.63, 3.8) is 0 Å². The third-order valence-corrected chi connectivity index (χ3v) is 4.85. The smallest absolute Gasteiger partial charge is 0.227 e. The zero-order valence-electron chi connectivity index (χ0n) is 12.8. The summed E-state index contributed by atoms with van der Waals surface area (Å²) < 4.78 is 5.32. The van der Waals surface area contributed by atoms with E-state index in [0.717, 1.165) is 44.1 Å². The van der Waals surface area contributed by atoms with Crippen LogP contribution in [0.2, 0.25) is 0 Å². The monoisotopic (exact) mass is 302 g/mol. The zero-order chi connectivity index (χ0) is 14.9. The third-order valence-electron chi connectivity index (χ3n) is 4.85. The molecule has 4 rings (SSSR count). The van der Waals surface area contributed by atoms with Crippen LogP contribution in [0.3, 0.4) is 0 Å². The molecule has 3 fully saturated rings. The van der Waals surface area contributed by atoms with Crippen LogP contribution in [-0.2, 0) is 9.53 Å². The van der Waals surface area contributed by atoms with E-state index in [0.29, 0.717) is 19.1 Å². The summed E-state index contributed by atoms with van der Waals surface area (Å²) >= 11 is 0. The molecule has 118 valence electrons. The molecule has 0 spiro atoms. The Labute approximate surface area is 130 Å². The number of nitrogens with zero attached hydrogens (tertiary/aromatic N) is 4. The molecule has 3 heterocycles. The van der Waals surface area contributed by atoms with Crippen molar-refractivity contribution < 1.29 is 9.53 Å². The lowest BCUT2D eigenvalue weighted by Gasteiger charge is -2.29. The van der Waals surface area contributed by atoms with Crippen molar-refractivity contribution in [1.29, 1.82) is 0 Å². The van der Waals surface area contributed by atoms with Gasteiger partial charge in [0.05, 0.1) is 24.8 Å². The van der Waals surface area contributed by atoms with Gasteiger partial charge < -0.3 is 14.5 Å². The Bertz CT molecular complexity index is 538. The molecular weight excluding hydrogens is 280 g/mol. The first kappa shape index (κ1) is 13.9. The maximum Gasteiger partial charge on any atom is 0.227 e. The van der Waals surface area contributed by atoms with Crippen molar-refractivity contribution in [2.45, 2.75) is 25.2 Å². The van der Waals surface area contributed by atoms with E-state index < -0.39 is 0 Å². The molecule has 1 aromatic heterocycles. The lowest BCUT2D eigenvalue weighted by molar-refractivity contribution is -0.138. The molecule has 1 aromatic rings. The van der Waals surface area contributed by atoms with Crippen LogP contribution in [0.15, 0.2) is 12.1 Å². The number of carbonyl (C=O) groups excluding carboxylic acids is 1. The number of hydrogen-bond donors (Lipinski definition) is 0. The van der Waals surface area contributed by atoms with Gasteiger partial charge in [-0.15, -0.1) is 5.10 Å². The van der Waals surface area contributed by atoms with Crippen LogP contribution in [0.1, 0.15) is 30.9 Å². The minimum atomic E-state index is 0.0861. The summed E-state index contributed by atoms with van der Waals surface area (Å²) in [7, 11) is 0. The highest BCUT2D eigenvalue weighted by atomic mass is 16.5. The van der Waals surface area contributed by atoms with Gasteiger partial charge >= 0.3 is 0 Å². The Balaban J connectivity index is 1.37. The van der Waals surface area contributed by atoms with Crippen molar-refractivity contribution in [2.75, 3.05) is 44.3 Å². The molecule has 2 saturated heterocycles. The number of aromatic nitrogens is 2. The highest BCUT2D eigenvalue weighted by Gasteiger charge is 2.33. The lowest BCUT2D eigenvalue weighted by Crippen LogP contribution is -2.44. The summed E-state index contributed by atoms with van der Waals surface area (Å²) in [5.41, 5.74) is 1.11. The summed E-state index contributed by atoms with van der Waals surface area (Å²) in [6.45, 7) is 4.43. The molecule has 1 unspecified atom stereocenters. The molecule has 0 aromatic carbocycles. The average Bonchev–Trinajstić information content (AvgIpc) is 3.32. The lowest BCUT2D eigenvalue weighted by atomic mass is 10.1. The average molecular weight is 302 g/mol. The topological polar surface area (TPSA) is 58.6 Å². The quantitative estimate of drug-likeness (QED) is 0.835. The molecule has 1 aliphatic carbocycles. The van der Waals surface area contributed by atoms with Gasteiger partial charge in [-0.1, -0.05) is 0 Å². The van der Waals surface area contributed by atoms with Gasteiger partial charge in [0.1, 0.15) is 0 Å². The summed E-state index contributed by atoms with van der Waals surface area (Å²) in [6.07, 6.45) is 3.39. The van der Waals surface area contributed by atoms with Crippen LogP contribution < -0.4 is 4.90 Å². The minimum Gasteiger partial charge on any atom is -0.378 e. The van der Waals surface area contributed by atoms with Crippen LogP contribution in [0.4, 0.5) is 5.82 Å². The predicted octanol–water partition coefficient (Wildman–Crippen LogP) is 1.04.